The Labute approximate surface area is 180 Å². The number of aromatic nitrogens is 1. The Morgan fingerprint density at radius 1 is 1.03 bits per heavy atom. The number of amides is 2. The fraction of sp³-hybridized carbons (Fsp3) is 0.611. The summed E-state index contributed by atoms with van der Waals surface area (Å²) in [7, 11) is 0. The van der Waals surface area contributed by atoms with Gasteiger partial charge in [-0.2, -0.15) is 39.5 Å². The van der Waals surface area contributed by atoms with Gasteiger partial charge in [0.25, 0.3) is 6.10 Å². The van der Waals surface area contributed by atoms with E-state index in [1.54, 1.807) is 0 Å². The van der Waals surface area contributed by atoms with Crippen LogP contribution in [0.15, 0.2) is 18.3 Å². The second-order valence-electron chi connectivity index (χ2n) is 7.87. The van der Waals surface area contributed by atoms with Crippen molar-refractivity contribution in [3.05, 3.63) is 24.0 Å². The number of nitrogens with one attached hydrogen (secondary N) is 1. The van der Waals surface area contributed by atoms with Gasteiger partial charge < -0.3 is 15.0 Å². The van der Waals surface area contributed by atoms with Crippen molar-refractivity contribution in [3.63, 3.8) is 0 Å². The second-order valence-corrected chi connectivity index (χ2v) is 7.87. The average molecular weight is 493 g/mol. The smallest absolute Gasteiger partial charge is 0.426 e. The van der Waals surface area contributed by atoms with Gasteiger partial charge in [-0.3, -0.25) is 4.79 Å². The van der Waals surface area contributed by atoms with Crippen LogP contribution in [0.1, 0.15) is 25.0 Å². The highest BCUT2D eigenvalue weighted by molar-refractivity contribution is 5.95. The molecule has 2 heterocycles. The Kier molecular flexibility index (Phi) is 6.21. The van der Waals surface area contributed by atoms with E-state index in [4.69, 9.17) is 0 Å². The molecular formula is C18H16F9N3O3. The molecule has 184 valence electrons. The van der Waals surface area contributed by atoms with Gasteiger partial charge in [-0.05, 0) is 36.8 Å². The number of hydrogen-bond acceptors (Lipinski definition) is 4. The van der Waals surface area contributed by atoms with Crippen LogP contribution in [-0.4, -0.2) is 53.4 Å². The fourth-order valence-corrected chi connectivity index (χ4v) is 3.77. The number of anilines is 1. The van der Waals surface area contributed by atoms with Gasteiger partial charge in [0.2, 0.25) is 5.91 Å². The predicted molar refractivity (Wildman–Crippen MR) is 91.6 cm³/mol. The molecule has 1 aromatic heterocycles. The van der Waals surface area contributed by atoms with E-state index in [0.29, 0.717) is 17.4 Å². The summed E-state index contributed by atoms with van der Waals surface area (Å²) >= 11 is 0. The van der Waals surface area contributed by atoms with E-state index in [2.05, 4.69) is 15.0 Å². The molecule has 1 aliphatic carbocycles. The van der Waals surface area contributed by atoms with Gasteiger partial charge in [-0.15, -0.1) is 0 Å². The van der Waals surface area contributed by atoms with Crippen LogP contribution in [0.25, 0.3) is 0 Å². The average Bonchev–Trinajstić information content (AvgIpc) is 3.38. The molecule has 1 unspecified atom stereocenters. The maximum atomic E-state index is 12.6. The van der Waals surface area contributed by atoms with E-state index < -0.39 is 53.7 Å². The van der Waals surface area contributed by atoms with E-state index in [-0.39, 0.29) is 31.6 Å². The Morgan fingerprint density at radius 3 is 2.06 bits per heavy atom. The summed E-state index contributed by atoms with van der Waals surface area (Å²) in [6, 6.07) is 1.72. The minimum absolute atomic E-state index is 0.0291. The highest BCUT2D eigenvalue weighted by Gasteiger charge is 2.61. The predicted octanol–water partition coefficient (Wildman–Crippen LogP) is 4.77. The molecule has 0 bridgehead atoms. The molecule has 1 atom stereocenters. The third kappa shape index (κ3) is 5.61. The van der Waals surface area contributed by atoms with Crippen molar-refractivity contribution in [2.45, 2.75) is 43.9 Å². The first-order valence-electron chi connectivity index (χ1n) is 9.46. The van der Waals surface area contributed by atoms with Crippen molar-refractivity contribution in [3.8, 4) is 0 Å². The summed E-state index contributed by atoms with van der Waals surface area (Å²) in [5, 5.41) is 2.42. The van der Waals surface area contributed by atoms with Gasteiger partial charge in [0, 0.05) is 19.0 Å². The Hall–Kier alpha value is -2.74. The zero-order valence-corrected chi connectivity index (χ0v) is 16.4. The molecule has 1 saturated heterocycles. The zero-order valence-electron chi connectivity index (χ0n) is 16.4. The molecule has 33 heavy (non-hydrogen) atoms. The molecule has 1 aromatic rings. The lowest BCUT2D eigenvalue weighted by molar-refractivity contribution is -0.308. The largest absolute Gasteiger partial charge is 0.434 e. The Balaban J connectivity index is 1.53. The number of hydrogen-bond donors (Lipinski definition) is 1. The molecule has 6 nitrogen and oxygen atoms in total. The van der Waals surface area contributed by atoms with Crippen molar-refractivity contribution in [2.75, 3.05) is 18.4 Å². The number of nitrogens with zero attached hydrogens (tertiary/aromatic N) is 2. The Morgan fingerprint density at radius 2 is 1.61 bits per heavy atom. The maximum absolute atomic E-state index is 12.6. The normalized spacial score (nSPS) is 20.7. The summed E-state index contributed by atoms with van der Waals surface area (Å²) in [4.78, 5) is 28.1. The summed E-state index contributed by atoms with van der Waals surface area (Å²) in [6.45, 7) is -0.431. The standard InChI is InChI=1S/C18H16F9N3O3/c19-16(20,21)11-2-1-9(8-28-11)29-12(31)10-7-15(10)3-5-30(6-4-15)14(32)33-13(17(22,23)24)18(25,26)27/h1-2,8,10,13H,3-7H2,(H,29,31). The lowest BCUT2D eigenvalue weighted by Crippen LogP contribution is -2.49. The third-order valence-electron chi connectivity index (χ3n) is 5.66. The molecule has 1 saturated carbocycles. The first kappa shape index (κ1) is 24.9. The topological polar surface area (TPSA) is 71.5 Å². The van der Waals surface area contributed by atoms with Crippen LogP contribution in [0.4, 0.5) is 50.0 Å². The molecular weight excluding hydrogens is 477 g/mol. The van der Waals surface area contributed by atoms with Crippen LogP contribution >= 0.6 is 0 Å². The van der Waals surface area contributed by atoms with Crippen LogP contribution < -0.4 is 5.32 Å². The number of carbonyl (C=O) groups excluding carboxylic acids is 2. The van der Waals surface area contributed by atoms with Crippen molar-refractivity contribution < 1.29 is 53.8 Å². The monoisotopic (exact) mass is 493 g/mol. The summed E-state index contributed by atoms with van der Waals surface area (Å²) in [5.41, 5.74) is -1.71. The summed E-state index contributed by atoms with van der Waals surface area (Å²) in [6.07, 6.45) is -20.8. The van der Waals surface area contributed by atoms with E-state index in [1.165, 1.54) is 0 Å². The molecule has 1 aliphatic heterocycles. The SMILES string of the molecule is O=C(Nc1ccc(C(F)(F)F)nc1)C1CC12CCN(C(=O)OC(C(F)(F)F)C(F)(F)F)CC2. The molecule has 2 aliphatic rings. The molecule has 1 spiro atoms. The highest BCUT2D eigenvalue weighted by atomic mass is 19.4. The number of rotatable bonds is 3. The maximum Gasteiger partial charge on any atom is 0.434 e. The number of alkyl halides is 9. The van der Waals surface area contributed by atoms with Crippen molar-refractivity contribution >= 4 is 17.7 Å². The second kappa shape index (κ2) is 8.24. The number of carbonyl (C=O) groups is 2. The third-order valence-corrected chi connectivity index (χ3v) is 5.66. The first-order chi connectivity index (χ1) is 15.0. The van der Waals surface area contributed by atoms with Gasteiger partial charge in [0.15, 0.2) is 0 Å². The van der Waals surface area contributed by atoms with Gasteiger partial charge in [0.1, 0.15) is 5.69 Å². The van der Waals surface area contributed by atoms with Gasteiger partial charge in [-0.25, -0.2) is 9.78 Å². The number of halogens is 9. The minimum Gasteiger partial charge on any atom is -0.426 e. The number of ether oxygens (including phenoxy) is 1. The van der Waals surface area contributed by atoms with Crippen molar-refractivity contribution in [2.24, 2.45) is 11.3 Å². The Bertz CT molecular complexity index is 875. The molecule has 2 amide bonds. The van der Waals surface area contributed by atoms with E-state index in [9.17, 15) is 49.1 Å². The summed E-state index contributed by atoms with van der Waals surface area (Å²) in [5.74, 6) is -1.09. The van der Waals surface area contributed by atoms with Gasteiger partial charge in [-0.1, -0.05) is 0 Å². The molecule has 3 rings (SSSR count). The van der Waals surface area contributed by atoms with Gasteiger partial charge in [0.05, 0.1) is 11.9 Å². The van der Waals surface area contributed by atoms with Crippen LogP contribution in [-0.2, 0) is 15.7 Å². The quantitative estimate of drug-likeness (QED) is 0.616. The van der Waals surface area contributed by atoms with Crippen LogP contribution in [0.2, 0.25) is 0 Å². The molecule has 0 aromatic carbocycles. The molecule has 15 heteroatoms. The van der Waals surface area contributed by atoms with E-state index in [1.807, 2.05) is 0 Å². The fourth-order valence-electron chi connectivity index (χ4n) is 3.77. The number of likely N-dealkylation sites (tertiary alicyclic amines) is 1. The molecule has 1 N–H and O–H groups in total. The lowest BCUT2D eigenvalue weighted by atomic mass is 9.91. The lowest BCUT2D eigenvalue weighted by Gasteiger charge is -2.33. The van der Waals surface area contributed by atoms with Crippen LogP contribution in [0.5, 0.6) is 0 Å². The van der Waals surface area contributed by atoms with Crippen LogP contribution in [0.3, 0.4) is 0 Å². The van der Waals surface area contributed by atoms with Crippen molar-refractivity contribution in [1.82, 2.24) is 9.88 Å². The highest BCUT2D eigenvalue weighted by Crippen LogP contribution is 2.59. The number of piperidine rings is 1. The molecule has 2 fully saturated rings. The van der Waals surface area contributed by atoms with E-state index in [0.717, 1.165) is 12.3 Å². The van der Waals surface area contributed by atoms with Crippen LogP contribution in [0, 0.1) is 11.3 Å². The van der Waals surface area contributed by atoms with Gasteiger partial charge >= 0.3 is 24.6 Å². The van der Waals surface area contributed by atoms with Crippen molar-refractivity contribution in [1.29, 1.82) is 0 Å². The first-order valence-corrected chi connectivity index (χ1v) is 9.46. The minimum atomic E-state index is -5.82. The molecule has 0 radical (unpaired) electrons. The zero-order chi connectivity index (χ0) is 24.8. The van der Waals surface area contributed by atoms with E-state index >= 15 is 0 Å². The summed E-state index contributed by atoms with van der Waals surface area (Å²) < 4.78 is 117. The number of pyridine rings is 1.